The van der Waals surface area contributed by atoms with E-state index >= 15 is 0 Å². The zero-order valence-electron chi connectivity index (χ0n) is 21.8. The van der Waals surface area contributed by atoms with Gasteiger partial charge in [0.05, 0.1) is 18.8 Å². The molecule has 0 saturated heterocycles. The second-order valence-corrected chi connectivity index (χ2v) is 10.1. The number of nitrogens with zero attached hydrogens (tertiary/aromatic N) is 3. The van der Waals surface area contributed by atoms with Crippen LogP contribution in [-0.4, -0.2) is 33.3 Å². The van der Waals surface area contributed by atoms with E-state index < -0.39 is 5.91 Å². The molecule has 1 N–H and O–H groups in total. The molecule has 3 aromatic heterocycles. The van der Waals surface area contributed by atoms with Crippen molar-refractivity contribution in [1.82, 2.24) is 14.5 Å². The van der Waals surface area contributed by atoms with Crippen LogP contribution >= 0.6 is 0 Å². The van der Waals surface area contributed by atoms with Crippen LogP contribution in [0.2, 0.25) is 0 Å². The molecule has 198 valence electrons. The molecule has 0 spiro atoms. The number of rotatable bonds is 7. The van der Waals surface area contributed by atoms with Gasteiger partial charge in [0.15, 0.2) is 5.78 Å². The number of Topliss-reactive ketones (excluding diaryl/α,β-unsaturated/α-hetero) is 1. The van der Waals surface area contributed by atoms with Crippen molar-refractivity contribution in [1.29, 1.82) is 0 Å². The normalized spacial score (nSPS) is 15.5. The highest BCUT2D eigenvalue weighted by atomic mass is 16.5. The Hall–Kier alpha value is -4.53. The van der Waals surface area contributed by atoms with Crippen molar-refractivity contribution < 1.29 is 19.1 Å². The number of anilines is 1. The number of carbonyl (C=O) groups is 2. The van der Waals surface area contributed by atoms with E-state index in [1.54, 1.807) is 36.1 Å². The Balaban J connectivity index is 1.24. The molecule has 1 atom stereocenters. The molecule has 1 saturated carbocycles. The lowest BCUT2D eigenvalue weighted by atomic mass is 9.92. The topological polar surface area (TPSA) is 112 Å². The number of nitrogens with one attached hydrogen (secondary N) is 1. The van der Waals surface area contributed by atoms with Crippen molar-refractivity contribution in [3.05, 3.63) is 82.0 Å². The molecule has 9 heteroatoms. The van der Waals surface area contributed by atoms with Crippen LogP contribution in [0.15, 0.2) is 59.7 Å². The average Bonchev–Trinajstić information content (AvgIpc) is 3.79. The predicted molar refractivity (Wildman–Crippen MR) is 146 cm³/mol. The largest absolute Gasteiger partial charge is 0.497 e. The van der Waals surface area contributed by atoms with E-state index in [4.69, 9.17) is 9.47 Å². The van der Waals surface area contributed by atoms with Crippen LogP contribution in [0, 0.1) is 5.92 Å². The Kier molecular flexibility index (Phi) is 6.34. The fourth-order valence-electron chi connectivity index (χ4n) is 5.24. The predicted octanol–water partition coefficient (Wildman–Crippen LogP) is 5.33. The van der Waals surface area contributed by atoms with Crippen LogP contribution in [0.4, 0.5) is 5.82 Å². The number of carbonyl (C=O) groups excluding carboxylic acids is 2. The summed E-state index contributed by atoms with van der Waals surface area (Å²) in [4.78, 5) is 48.1. The van der Waals surface area contributed by atoms with Crippen molar-refractivity contribution >= 4 is 28.4 Å². The maximum Gasteiger partial charge on any atom is 0.263 e. The average molecular weight is 525 g/mol. The van der Waals surface area contributed by atoms with Crippen LogP contribution in [0.1, 0.15) is 65.1 Å². The van der Waals surface area contributed by atoms with E-state index in [1.165, 1.54) is 12.3 Å². The second-order valence-electron chi connectivity index (χ2n) is 10.1. The molecule has 9 nitrogen and oxygen atoms in total. The van der Waals surface area contributed by atoms with Crippen molar-refractivity contribution in [3.8, 4) is 17.2 Å². The molecule has 0 bridgehead atoms. The summed E-state index contributed by atoms with van der Waals surface area (Å²) in [5.41, 5.74) is 1.57. The standard InChI is InChI=1S/C30H28N4O5/c1-17(18-6-7-18)34-25-4-3-5-26(35)22(25)15-23(30(34)37)29(36)33-28-11-9-20(16-32-28)39-27-12-13-31-24-14-19(38-2)8-10-21(24)27/h8-18H,3-7H2,1-2H3,(H,32,33,36)/t17-/m0/s1. The summed E-state index contributed by atoms with van der Waals surface area (Å²) in [6.45, 7) is 2.00. The summed E-state index contributed by atoms with van der Waals surface area (Å²) < 4.78 is 13.0. The Labute approximate surface area is 224 Å². The Morgan fingerprint density at radius 1 is 1.05 bits per heavy atom. The SMILES string of the molecule is COc1ccc2c(Oc3ccc(NC(=O)c4cc5c(n([C@@H](C)C6CC6)c4=O)CCCC5=O)nc3)ccnc2c1. The number of methoxy groups -OCH3 is 1. The number of hydrogen-bond acceptors (Lipinski definition) is 7. The summed E-state index contributed by atoms with van der Waals surface area (Å²) in [6, 6.07) is 12.0. The molecular weight excluding hydrogens is 496 g/mol. The molecule has 0 unspecified atom stereocenters. The molecule has 3 heterocycles. The Morgan fingerprint density at radius 2 is 1.87 bits per heavy atom. The van der Waals surface area contributed by atoms with Gasteiger partial charge in [-0.25, -0.2) is 4.98 Å². The summed E-state index contributed by atoms with van der Waals surface area (Å²) in [7, 11) is 1.60. The molecular formula is C30H28N4O5. The molecule has 39 heavy (non-hydrogen) atoms. The van der Waals surface area contributed by atoms with E-state index in [0.717, 1.165) is 35.9 Å². The first-order valence-electron chi connectivity index (χ1n) is 13.1. The zero-order valence-corrected chi connectivity index (χ0v) is 21.8. The van der Waals surface area contributed by atoms with Crippen LogP contribution in [0.5, 0.6) is 17.2 Å². The smallest absolute Gasteiger partial charge is 0.263 e. The van der Waals surface area contributed by atoms with Gasteiger partial charge in [-0.3, -0.25) is 19.4 Å². The fraction of sp³-hybridized carbons (Fsp3) is 0.300. The number of hydrogen-bond donors (Lipinski definition) is 1. The maximum atomic E-state index is 13.5. The van der Waals surface area contributed by atoms with E-state index in [2.05, 4.69) is 15.3 Å². The first-order chi connectivity index (χ1) is 18.9. The number of benzene rings is 1. The summed E-state index contributed by atoms with van der Waals surface area (Å²) >= 11 is 0. The lowest BCUT2D eigenvalue weighted by molar-refractivity contribution is 0.0969. The van der Waals surface area contributed by atoms with Gasteiger partial charge >= 0.3 is 0 Å². The zero-order chi connectivity index (χ0) is 27.1. The van der Waals surface area contributed by atoms with Crippen molar-refractivity contribution in [2.24, 2.45) is 5.92 Å². The minimum absolute atomic E-state index is 0.0243. The van der Waals surface area contributed by atoms with Crippen molar-refractivity contribution in [2.75, 3.05) is 12.4 Å². The number of ketones is 1. The Bertz CT molecular complexity index is 1660. The summed E-state index contributed by atoms with van der Waals surface area (Å²) in [6.07, 6.45) is 7.06. The molecule has 2 aliphatic rings. The van der Waals surface area contributed by atoms with E-state index in [1.807, 2.05) is 25.1 Å². The monoisotopic (exact) mass is 524 g/mol. The van der Waals surface area contributed by atoms with Crippen LogP contribution in [-0.2, 0) is 6.42 Å². The van der Waals surface area contributed by atoms with Gasteiger partial charge in [-0.15, -0.1) is 0 Å². The van der Waals surface area contributed by atoms with Crippen molar-refractivity contribution in [3.63, 3.8) is 0 Å². The first kappa shape index (κ1) is 24.8. The molecule has 2 aliphatic carbocycles. The second kappa shape index (κ2) is 9.98. The molecule has 1 amide bonds. The van der Waals surface area contributed by atoms with Gasteiger partial charge in [0.25, 0.3) is 11.5 Å². The minimum atomic E-state index is -0.590. The van der Waals surface area contributed by atoms with Gasteiger partial charge in [0.1, 0.15) is 28.6 Å². The summed E-state index contributed by atoms with van der Waals surface area (Å²) in [5, 5.41) is 3.53. The quantitative estimate of drug-likeness (QED) is 0.347. The number of fused-ring (bicyclic) bond motifs is 2. The van der Waals surface area contributed by atoms with E-state index in [-0.39, 0.29) is 28.8 Å². The molecule has 0 radical (unpaired) electrons. The van der Waals surface area contributed by atoms with Crippen LogP contribution in [0.25, 0.3) is 10.9 Å². The van der Waals surface area contributed by atoms with Crippen LogP contribution in [0.3, 0.4) is 0 Å². The molecule has 1 aromatic carbocycles. The van der Waals surface area contributed by atoms with Gasteiger partial charge in [0.2, 0.25) is 0 Å². The van der Waals surface area contributed by atoms with Gasteiger partial charge in [-0.05, 0) is 74.9 Å². The summed E-state index contributed by atoms with van der Waals surface area (Å²) in [5.74, 6) is 1.82. The number of aromatic nitrogens is 3. The van der Waals surface area contributed by atoms with Crippen molar-refractivity contribution in [2.45, 2.75) is 45.1 Å². The maximum absolute atomic E-state index is 13.5. The number of ether oxygens (including phenoxy) is 2. The number of pyridine rings is 3. The van der Waals surface area contributed by atoms with Gasteiger partial charge < -0.3 is 19.4 Å². The van der Waals surface area contributed by atoms with E-state index in [0.29, 0.717) is 41.6 Å². The Morgan fingerprint density at radius 3 is 2.62 bits per heavy atom. The molecule has 1 fully saturated rings. The molecule has 6 rings (SSSR count). The van der Waals surface area contributed by atoms with E-state index in [9.17, 15) is 14.4 Å². The highest BCUT2D eigenvalue weighted by Gasteiger charge is 2.34. The van der Waals surface area contributed by atoms with Crippen LogP contribution < -0.4 is 20.3 Å². The highest BCUT2D eigenvalue weighted by molar-refractivity contribution is 6.06. The minimum Gasteiger partial charge on any atom is -0.497 e. The molecule has 0 aliphatic heterocycles. The highest BCUT2D eigenvalue weighted by Crippen LogP contribution is 2.40. The van der Waals surface area contributed by atoms with Gasteiger partial charge in [-0.1, -0.05) is 0 Å². The molecule has 4 aromatic rings. The van der Waals surface area contributed by atoms with Gasteiger partial charge in [-0.2, -0.15) is 0 Å². The fourth-order valence-corrected chi connectivity index (χ4v) is 5.24. The third-order valence-electron chi connectivity index (χ3n) is 7.53. The lowest BCUT2D eigenvalue weighted by Crippen LogP contribution is -2.36. The third kappa shape index (κ3) is 4.76. The van der Waals surface area contributed by atoms with Gasteiger partial charge in [0, 0.05) is 41.4 Å². The number of amides is 1. The third-order valence-corrected chi connectivity index (χ3v) is 7.53. The first-order valence-corrected chi connectivity index (χ1v) is 13.1. The lowest BCUT2D eigenvalue weighted by Gasteiger charge is -2.25.